The van der Waals surface area contributed by atoms with Crippen LogP contribution < -0.4 is 5.32 Å². The van der Waals surface area contributed by atoms with Gasteiger partial charge in [0.05, 0.1) is 5.69 Å². The van der Waals surface area contributed by atoms with Gasteiger partial charge in [0.2, 0.25) is 0 Å². The highest BCUT2D eigenvalue weighted by Gasteiger charge is 2.12. The van der Waals surface area contributed by atoms with E-state index >= 15 is 0 Å². The predicted molar refractivity (Wildman–Crippen MR) is 90.2 cm³/mol. The minimum Gasteiger partial charge on any atom is -0.396 e. The third kappa shape index (κ3) is 5.56. The number of aromatic nitrogens is 4. The van der Waals surface area contributed by atoms with Crippen molar-refractivity contribution in [2.45, 2.75) is 52.0 Å². The van der Waals surface area contributed by atoms with Crippen molar-refractivity contribution in [2.24, 2.45) is 0 Å². The van der Waals surface area contributed by atoms with Crippen LogP contribution in [0, 0.1) is 6.92 Å². The van der Waals surface area contributed by atoms with E-state index in [1.165, 1.54) is 0 Å². The number of rotatable bonds is 9. The van der Waals surface area contributed by atoms with Crippen molar-refractivity contribution in [3.8, 4) is 0 Å². The zero-order valence-corrected chi connectivity index (χ0v) is 13.9. The molecule has 0 aliphatic heterocycles. The molecule has 0 fully saturated rings. The Balaban J connectivity index is 2.09. The molecule has 0 spiro atoms. The molecule has 6 heteroatoms. The molecule has 0 aromatic carbocycles. The fraction of sp³-hybridized carbons (Fsp3) is 0.529. The molecule has 2 rings (SSSR count). The Hall–Kier alpha value is -2.08. The Morgan fingerprint density at radius 2 is 2.13 bits per heavy atom. The van der Waals surface area contributed by atoms with Gasteiger partial charge in [-0.3, -0.25) is 0 Å². The van der Waals surface area contributed by atoms with Crippen molar-refractivity contribution < 1.29 is 5.11 Å². The quantitative estimate of drug-likeness (QED) is 0.739. The van der Waals surface area contributed by atoms with Gasteiger partial charge in [-0.1, -0.05) is 13.3 Å². The van der Waals surface area contributed by atoms with E-state index in [2.05, 4.69) is 32.4 Å². The molecule has 0 saturated heterocycles. The molecule has 0 unspecified atom stereocenters. The maximum absolute atomic E-state index is 9.23. The van der Waals surface area contributed by atoms with E-state index in [-0.39, 0.29) is 12.6 Å². The van der Waals surface area contributed by atoms with E-state index in [4.69, 9.17) is 0 Å². The third-order valence-corrected chi connectivity index (χ3v) is 3.72. The number of hydrogen-bond acceptors (Lipinski definition) is 6. The van der Waals surface area contributed by atoms with Crippen molar-refractivity contribution in [2.75, 3.05) is 11.9 Å². The smallest absolute Gasteiger partial charge is 0.133 e. The molecule has 0 bridgehead atoms. The lowest BCUT2D eigenvalue weighted by Gasteiger charge is -2.20. The van der Waals surface area contributed by atoms with Crippen LogP contribution in [0.4, 0.5) is 5.82 Å². The number of nitrogens with one attached hydrogen (secondary N) is 1. The standard InChI is InChI=1S/C17H25N5O/c1-3-5-15(9-11-23)21-17-14(12-18-13(2)20-17)7-8-16-6-4-10-19-22-16/h4,6,10,12,15,23H,3,5,7-9,11H2,1-2H3,(H,18,20,21)/t15-/m0/s1. The fourth-order valence-electron chi connectivity index (χ4n) is 2.52. The van der Waals surface area contributed by atoms with Crippen LogP contribution in [-0.4, -0.2) is 37.9 Å². The molecule has 2 N–H and O–H groups in total. The minimum absolute atomic E-state index is 0.177. The van der Waals surface area contributed by atoms with Gasteiger partial charge in [-0.25, -0.2) is 9.97 Å². The van der Waals surface area contributed by atoms with Gasteiger partial charge in [-0.05, 0) is 44.7 Å². The van der Waals surface area contributed by atoms with Crippen molar-refractivity contribution in [1.29, 1.82) is 0 Å². The van der Waals surface area contributed by atoms with E-state index in [1.54, 1.807) is 6.20 Å². The molecule has 0 aliphatic rings. The van der Waals surface area contributed by atoms with Crippen LogP contribution in [-0.2, 0) is 12.8 Å². The Morgan fingerprint density at radius 1 is 1.26 bits per heavy atom. The van der Waals surface area contributed by atoms with Gasteiger partial charge in [0.1, 0.15) is 11.6 Å². The zero-order valence-electron chi connectivity index (χ0n) is 13.9. The van der Waals surface area contributed by atoms with Gasteiger partial charge < -0.3 is 10.4 Å². The predicted octanol–water partition coefficient (Wildman–Crippen LogP) is 2.32. The molecule has 2 aromatic heterocycles. The summed E-state index contributed by atoms with van der Waals surface area (Å²) in [6.45, 7) is 4.21. The lowest BCUT2D eigenvalue weighted by molar-refractivity contribution is 0.276. The van der Waals surface area contributed by atoms with Crippen LogP contribution in [0.25, 0.3) is 0 Å². The lowest BCUT2D eigenvalue weighted by atomic mass is 10.1. The second-order valence-corrected chi connectivity index (χ2v) is 5.65. The van der Waals surface area contributed by atoms with E-state index in [0.717, 1.165) is 55.0 Å². The van der Waals surface area contributed by atoms with Crippen LogP contribution in [0.5, 0.6) is 0 Å². The summed E-state index contributed by atoms with van der Waals surface area (Å²) < 4.78 is 0. The van der Waals surface area contributed by atoms with E-state index in [9.17, 15) is 5.11 Å². The largest absolute Gasteiger partial charge is 0.396 e. The highest BCUT2D eigenvalue weighted by atomic mass is 16.3. The topological polar surface area (TPSA) is 83.8 Å². The lowest BCUT2D eigenvalue weighted by Crippen LogP contribution is -2.22. The van der Waals surface area contributed by atoms with Crippen LogP contribution in [0.1, 0.15) is 43.3 Å². The summed E-state index contributed by atoms with van der Waals surface area (Å²) in [5, 5.41) is 20.7. The van der Waals surface area contributed by atoms with Crippen LogP contribution >= 0.6 is 0 Å². The molecular weight excluding hydrogens is 290 g/mol. The van der Waals surface area contributed by atoms with Crippen molar-refractivity contribution >= 4 is 5.82 Å². The van der Waals surface area contributed by atoms with E-state index in [0.29, 0.717) is 0 Å². The molecule has 0 amide bonds. The van der Waals surface area contributed by atoms with Gasteiger partial charge in [-0.15, -0.1) is 0 Å². The van der Waals surface area contributed by atoms with Crippen LogP contribution in [0.15, 0.2) is 24.5 Å². The maximum atomic E-state index is 9.23. The summed E-state index contributed by atoms with van der Waals surface area (Å²) in [7, 11) is 0. The second-order valence-electron chi connectivity index (χ2n) is 5.65. The molecule has 124 valence electrons. The summed E-state index contributed by atoms with van der Waals surface area (Å²) in [5.41, 5.74) is 2.03. The van der Waals surface area contributed by atoms with Gasteiger partial charge in [0.15, 0.2) is 0 Å². The normalized spacial score (nSPS) is 12.1. The molecule has 2 aromatic rings. The van der Waals surface area contributed by atoms with Gasteiger partial charge in [-0.2, -0.15) is 10.2 Å². The van der Waals surface area contributed by atoms with Gasteiger partial charge in [0.25, 0.3) is 0 Å². The first kappa shape index (κ1) is 17.3. The highest BCUT2D eigenvalue weighted by Crippen LogP contribution is 2.17. The van der Waals surface area contributed by atoms with Crippen molar-refractivity contribution in [3.05, 3.63) is 41.6 Å². The molecule has 0 aliphatic carbocycles. The summed E-state index contributed by atoms with van der Waals surface area (Å²) >= 11 is 0. The van der Waals surface area contributed by atoms with E-state index < -0.39 is 0 Å². The third-order valence-electron chi connectivity index (χ3n) is 3.72. The minimum atomic E-state index is 0.177. The summed E-state index contributed by atoms with van der Waals surface area (Å²) in [6, 6.07) is 4.10. The molecule has 23 heavy (non-hydrogen) atoms. The zero-order chi connectivity index (χ0) is 16.5. The first-order chi connectivity index (χ1) is 11.2. The monoisotopic (exact) mass is 315 g/mol. The van der Waals surface area contributed by atoms with Gasteiger partial charge >= 0.3 is 0 Å². The number of hydrogen-bond donors (Lipinski definition) is 2. The Morgan fingerprint density at radius 3 is 2.83 bits per heavy atom. The molecule has 1 atom stereocenters. The van der Waals surface area contributed by atoms with Crippen LogP contribution in [0.3, 0.4) is 0 Å². The number of nitrogens with zero attached hydrogens (tertiary/aromatic N) is 4. The number of aliphatic hydroxyl groups excluding tert-OH is 1. The Bertz CT molecular complexity index is 585. The number of aryl methyl sites for hydroxylation is 3. The number of aliphatic hydroxyl groups is 1. The van der Waals surface area contributed by atoms with Gasteiger partial charge in [0, 0.05) is 30.6 Å². The molecule has 2 heterocycles. The van der Waals surface area contributed by atoms with Crippen molar-refractivity contribution in [3.63, 3.8) is 0 Å². The Labute approximate surface area is 137 Å². The van der Waals surface area contributed by atoms with E-state index in [1.807, 2.05) is 25.3 Å². The average Bonchev–Trinajstić information content (AvgIpc) is 2.55. The molecule has 6 nitrogen and oxygen atoms in total. The highest BCUT2D eigenvalue weighted by molar-refractivity contribution is 5.44. The first-order valence-electron chi connectivity index (χ1n) is 8.19. The SMILES string of the molecule is CCC[C@@H](CCO)Nc1nc(C)ncc1CCc1cccnn1. The molecule has 0 saturated carbocycles. The average molecular weight is 315 g/mol. The number of anilines is 1. The fourth-order valence-corrected chi connectivity index (χ4v) is 2.52. The molecule has 0 radical (unpaired) electrons. The summed E-state index contributed by atoms with van der Waals surface area (Å²) in [5.74, 6) is 1.61. The van der Waals surface area contributed by atoms with Crippen molar-refractivity contribution in [1.82, 2.24) is 20.2 Å². The van der Waals surface area contributed by atoms with Crippen LogP contribution in [0.2, 0.25) is 0 Å². The summed E-state index contributed by atoms with van der Waals surface area (Å²) in [4.78, 5) is 8.86. The second kappa shape index (κ2) is 9.15. The molecular formula is C17H25N5O. The first-order valence-corrected chi connectivity index (χ1v) is 8.19. The maximum Gasteiger partial charge on any atom is 0.133 e. The summed E-state index contributed by atoms with van der Waals surface area (Å²) in [6.07, 6.45) is 7.95. The Kier molecular flexibility index (Phi) is 6.87.